The molecule has 0 aliphatic heterocycles. The summed E-state index contributed by atoms with van der Waals surface area (Å²) < 4.78 is 5.20. The van der Waals surface area contributed by atoms with E-state index in [9.17, 15) is 0 Å². The molecular weight excluding hydrogens is 155 g/mol. The molecule has 1 atom stereocenters. The van der Waals surface area contributed by atoms with Crippen molar-refractivity contribution in [3.8, 4) is 5.75 Å². The highest BCUT2D eigenvalue weighted by Crippen LogP contribution is 2.15. The first-order valence-electron chi connectivity index (χ1n) is 3.43. The average molecular weight is 166 g/mol. The maximum Gasteiger partial charge on any atom is 0.133 e. The molecule has 0 amide bonds. The van der Waals surface area contributed by atoms with Gasteiger partial charge in [0.2, 0.25) is 0 Å². The second kappa shape index (κ2) is 4.15. The molecule has 0 aliphatic rings. The van der Waals surface area contributed by atoms with Gasteiger partial charge in [-0.2, -0.15) is 0 Å². The minimum Gasteiger partial charge on any atom is -0.465 e. The van der Waals surface area contributed by atoms with Crippen molar-refractivity contribution in [3.05, 3.63) is 37.1 Å². The Morgan fingerprint density at radius 3 is 2.82 bits per heavy atom. The van der Waals surface area contributed by atoms with Crippen LogP contribution in [0.3, 0.4) is 0 Å². The number of rotatable bonds is 3. The smallest absolute Gasteiger partial charge is 0.133 e. The molecule has 58 valence electrons. The molecule has 0 N–H and O–H groups in total. The van der Waals surface area contributed by atoms with Crippen LogP contribution in [0, 0.1) is 0 Å². The van der Waals surface area contributed by atoms with Gasteiger partial charge in [-0.15, -0.1) is 0 Å². The van der Waals surface area contributed by atoms with Crippen molar-refractivity contribution < 1.29 is 4.74 Å². The van der Waals surface area contributed by atoms with E-state index in [2.05, 4.69) is 19.3 Å². The van der Waals surface area contributed by atoms with Gasteiger partial charge in [-0.05, 0) is 12.7 Å². The average Bonchev–Trinajstić information content (AvgIpc) is 2.06. The Hall–Kier alpha value is -0.810. The Balaban J connectivity index is 2.92. The summed E-state index contributed by atoms with van der Waals surface area (Å²) in [7, 11) is 0.766. The van der Waals surface area contributed by atoms with E-state index >= 15 is 0 Å². The minimum atomic E-state index is 0.766. The Bertz CT molecular complexity index is 245. The van der Waals surface area contributed by atoms with Gasteiger partial charge in [0.15, 0.2) is 0 Å². The Labute approximate surface area is 68.9 Å². The monoisotopic (exact) mass is 166 g/mol. The van der Waals surface area contributed by atoms with Crippen LogP contribution in [0.1, 0.15) is 0 Å². The summed E-state index contributed by atoms with van der Waals surface area (Å²) in [5.41, 5.74) is 0. The standard InChI is InChI=1S/C9H11OP/c1-3-10-8-6-4-5-7-9(8)11-2/h3-7,11H,1H2,2H3. The molecule has 1 rings (SSSR count). The van der Waals surface area contributed by atoms with E-state index in [1.807, 2.05) is 18.2 Å². The Kier molecular flexibility index (Phi) is 3.13. The van der Waals surface area contributed by atoms with E-state index in [0.717, 1.165) is 14.3 Å². The third-order valence-corrected chi connectivity index (χ3v) is 2.32. The second-order valence-electron chi connectivity index (χ2n) is 2.03. The SMILES string of the molecule is C=COc1ccccc1PC. The minimum absolute atomic E-state index is 0.766. The molecule has 1 aromatic rings. The summed E-state index contributed by atoms with van der Waals surface area (Å²) in [6.45, 7) is 5.64. The molecular formula is C9H11OP. The van der Waals surface area contributed by atoms with Crippen molar-refractivity contribution in [2.24, 2.45) is 0 Å². The zero-order valence-electron chi connectivity index (χ0n) is 6.50. The summed E-state index contributed by atoms with van der Waals surface area (Å²) in [5, 5.41) is 1.24. The third kappa shape index (κ3) is 2.06. The molecule has 1 unspecified atom stereocenters. The van der Waals surface area contributed by atoms with E-state index in [4.69, 9.17) is 4.74 Å². The van der Waals surface area contributed by atoms with E-state index < -0.39 is 0 Å². The van der Waals surface area contributed by atoms with Crippen LogP contribution in [0.5, 0.6) is 5.75 Å². The van der Waals surface area contributed by atoms with Gasteiger partial charge in [0.05, 0.1) is 6.26 Å². The van der Waals surface area contributed by atoms with Crippen molar-refractivity contribution in [1.82, 2.24) is 0 Å². The van der Waals surface area contributed by atoms with Crippen molar-refractivity contribution in [3.63, 3.8) is 0 Å². The third-order valence-electron chi connectivity index (χ3n) is 1.37. The van der Waals surface area contributed by atoms with Gasteiger partial charge in [0.1, 0.15) is 5.75 Å². The molecule has 1 nitrogen and oxygen atoms in total. The van der Waals surface area contributed by atoms with Gasteiger partial charge in [-0.3, -0.25) is 0 Å². The molecule has 0 bridgehead atoms. The van der Waals surface area contributed by atoms with Crippen molar-refractivity contribution in [2.75, 3.05) is 6.66 Å². The first-order valence-corrected chi connectivity index (χ1v) is 4.93. The highest BCUT2D eigenvalue weighted by atomic mass is 31.1. The second-order valence-corrected chi connectivity index (χ2v) is 3.07. The van der Waals surface area contributed by atoms with Gasteiger partial charge in [0.25, 0.3) is 0 Å². The molecule has 0 fully saturated rings. The van der Waals surface area contributed by atoms with Crippen LogP contribution >= 0.6 is 8.58 Å². The first-order chi connectivity index (χ1) is 5.38. The largest absolute Gasteiger partial charge is 0.465 e. The lowest BCUT2D eigenvalue weighted by molar-refractivity contribution is 0.487. The van der Waals surface area contributed by atoms with Crippen LogP contribution < -0.4 is 10.0 Å². The lowest BCUT2D eigenvalue weighted by Crippen LogP contribution is -1.98. The maximum atomic E-state index is 5.20. The van der Waals surface area contributed by atoms with Gasteiger partial charge >= 0.3 is 0 Å². The fourth-order valence-corrected chi connectivity index (χ4v) is 1.52. The van der Waals surface area contributed by atoms with Crippen molar-refractivity contribution in [2.45, 2.75) is 0 Å². The molecule has 0 aromatic heterocycles. The summed E-state index contributed by atoms with van der Waals surface area (Å²) in [6, 6.07) is 8.00. The van der Waals surface area contributed by atoms with E-state index in [1.54, 1.807) is 0 Å². The Morgan fingerprint density at radius 1 is 1.45 bits per heavy atom. The molecule has 0 aliphatic carbocycles. The molecule has 0 spiro atoms. The molecule has 0 saturated carbocycles. The topological polar surface area (TPSA) is 9.23 Å². The van der Waals surface area contributed by atoms with Crippen LogP contribution in [-0.4, -0.2) is 6.66 Å². The number of hydrogen-bond acceptors (Lipinski definition) is 1. The van der Waals surface area contributed by atoms with Crippen LogP contribution in [-0.2, 0) is 0 Å². The van der Waals surface area contributed by atoms with Gasteiger partial charge < -0.3 is 4.74 Å². The Morgan fingerprint density at radius 2 is 2.18 bits per heavy atom. The molecule has 0 saturated heterocycles. The van der Waals surface area contributed by atoms with Crippen LogP contribution in [0.2, 0.25) is 0 Å². The molecule has 1 aromatic carbocycles. The van der Waals surface area contributed by atoms with Crippen molar-refractivity contribution in [1.29, 1.82) is 0 Å². The normalized spacial score (nSPS) is 10.3. The number of benzene rings is 1. The zero-order chi connectivity index (χ0) is 8.10. The fourth-order valence-electron chi connectivity index (χ4n) is 0.866. The predicted molar refractivity (Wildman–Crippen MR) is 51.1 cm³/mol. The maximum absolute atomic E-state index is 5.20. The van der Waals surface area contributed by atoms with Crippen LogP contribution in [0.4, 0.5) is 0 Å². The summed E-state index contributed by atoms with van der Waals surface area (Å²) in [5.74, 6) is 0.920. The van der Waals surface area contributed by atoms with E-state index in [1.165, 1.54) is 11.6 Å². The quantitative estimate of drug-likeness (QED) is 0.493. The first kappa shape index (κ1) is 8.29. The predicted octanol–water partition coefficient (Wildman–Crippen LogP) is 2.14. The number of ether oxygens (including phenoxy) is 1. The summed E-state index contributed by atoms with van der Waals surface area (Å²) in [4.78, 5) is 0. The van der Waals surface area contributed by atoms with Gasteiger partial charge in [-0.1, -0.05) is 33.4 Å². The van der Waals surface area contributed by atoms with E-state index in [0.29, 0.717) is 0 Å². The number of para-hydroxylation sites is 1. The fraction of sp³-hybridized carbons (Fsp3) is 0.111. The lowest BCUT2D eigenvalue weighted by atomic mass is 10.3. The molecule has 11 heavy (non-hydrogen) atoms. The zero-order valence-corrected chi connectivity index (χ0v) is 7.50. The lowest BCUT2D eigenvalue weighted by Gasteiger charge is -2.04. The summed E-state index contributed by atoms with van der Waals surface area (Å²) in [6.07, 6.45) is 1.46. The van der Waals surface area contributed by atoms with Crippen molar-refractivity contribution >= 4 is 13.9 Å². The van der Waals surface area contributed by atoms with E-state index in [-0.39, 0.29) is 0 Å². The van der Waals surface area contributed by atoms with Gasteiger partial charge in [0, 0.05) is 5.30 Å². The molecule has 0 radical (unpaired) electrons. The molecule has 2 heteroatoms. The summed E-state index contributed by atoms with van der Waals surface area (Å²) >= 11 is 0. The highest BCUT2D eigenvalue weighted by Gasteiger charge is 1.96. The van der Waals surface area contributed by atoms with Crippen LogP contribution in [0.15, 0.2) is 37.1 Å². The van der Waals surface area contributed by atoms with Crippen LogP contribution in [0.25, 0.3) is 0 Å². The number of hydrogen-bond donors (Lipinski definition) is 0. The van der Waals surface area contributed by atoms with Gasteiger partial charge in [-0.25, -0.2) is 0 Å². The molecule has 0 heterocycles. The highest BCUT2D eigenvalue weighted by molar-refractivity contribution is 7.46.